The smallest absolute Gasteiger partial charge is 0.282 e. The van der Waals surface area contributed by atoms with Gasteiger partial charge in [0.25, 0.3) is 6.02 Å². The monoisotopic (exact) mass is 325 g/mol. The minimum Gasteiger partial charge on any atom is -0.489 e. The Balaban J connectivity index is 1.64. The van der Waals surface area contributed by atoms with Crippen molar-refractivity contribution in [3.05, 3.63) is 60.2 Å². The maximum absolute atomic E-state index is 5.92. The molecule has 0 amide bonds. The van der Waals surface area contributed by atoms with E-state index >= 15 is 0 Å². The number of likely N-dealkylation sites (N-methyl/N-ethyl adjacent to an activating group) is 1. The van der Waals surface area contributed by atoms with Crippen LogP contribution in [0.3, 0.4) is 0 Å². The predicted molar refractivity (Wildman–Crippen MR) is 96.5 cm³/mol. The minimum atomic E-state index is 0.0823. The van der Waals surface area contributed by atoms with Gasteiger partial charge in [-0.2, -0.15) is 0 Å². The highest BCUT2D eigenvalue weighted by atomic mass is 16.5. The van der Waals surface area contributed by atoms with Crippen molar-refractivity contribution in [1.29, 1.82) is 0 Å². The number of rotatable bonds is 7. The topological polar surface area (TPSA) is 60.1 Å². The summed E-state index contributed by atoms with van der Waals surface area (Å²) in [7, 11) is 0. The Labute approximate surface area is 142 Å². The molecule has 0 bridgehead atoms. The van der Waals surface area contributed by atoms with Gasteiger partial charge in [0.15, 0.2) is 0 Å². The fourth-order valence-corrected chi connectivity index (χ4v) is 2.71. The number of amidine groups is 1. The molecule has 5 heteroatoms. The van der Waals surface area contributed by atoms with Crippen LogP contribution >= 0.6 is 0 Å². The fraction of sp³-hybridized carbons (Fsp3) is 0.316. The number of hydrogen-bond donors (Lipinski definition) is 1. The molecule has 1 atom stereocenters. The van der Waals surface area contributed by atoms with Gasteiger partial charge in [-0.3, -0.25) is 0 Å². The van der Waals surface area contributed by atoms with Crippen molar-refractivity contribution in [3.63, 3.8) is 0 Å². The van der Waals surface area contributed by atoms with Gasteiger partial charge < -0.3 is 20.1 Å². The average molecular weight is 325 g/mol. The highest BCUT2D eigenvalue weighted by molar-refractivity contribution is 5.73. The molecule has 126 valence electrons. The SMILES string of the molecule is CCN(CC1COC(N)=N1)c1cccc(OCc2ccccc2)c1. The Hall–Kier alpha value is -2.69. The van der Waals surface area contributed by atoms with Crippen molar-refractivity contribution in [2.24, 2.45) is 10.7 Å². The highest BCUT2D eigenvalue weighted by Crippen LogP contribution is 2.23. The minimum absolute atomic E-state index is 0.0823. The lowest BCUT2D eigenvalue weighted by molar-refractivity contribution is 0.306. The lowest BCUT2D eigenvalue weighted by atomic mass is 10.2. The third-order valence-electron chi connectivity index (χ3n) is 3.98. The normalized spacial score (nSPS) is 16.4. The molecule has 1 aliphatic rings. The van der Waals surface area contributed by atoms with Crippen molar-refractivity contribution in [1.82, 2.24) is 0 Å². The molecular formula is C19H23N3O2. The first-order chi connectivity index (χ1) is 11.7. The third-order valence-corrected chi connectivity index (χ3v) is 3.98. The molecule has 0 saturated carbocycles. The van der Waals surface area contributed by atoms with Gasteiger partial charge in [-0.15, -0.1) is 0 Å². The average Bonchev–Trinajstić information content (AvgIpc) is 3.04. The summed E-state index contributed by atoms with van der Waals surface area (Å²) in [5.41, 5.74) is 7.86. The summed E-state index contributed by atoms with van der Waals surface area (Å²) in [6.45, 7) is 4.90. The molecule has 1 heterocycles. The maximum Gasteiger partial charge on any atom is 0.282 e. The van der Waals surface area contributed by atoms with Gasteiger partial charge in [-0.1, -0.05) is 36.4 Å². The number of nitrogens with two attached hydrogens (primary N) is 1. The van der Waals surface area contributed by atoms with Crippen molar-refractivity contribution in [2.75, 3.05) is 24.6 Å². The second kappa shape index (κ2) is 7.73. The summed E-state index contributed by atoms with van der Waals surface area (Å²) in [6, 6.07) is 18.7. The van der Waals surface area contributed by atoms with E-state index in [1.165, 1.54) is 0 Å². The number of benzene rings is 2. The predicted octanol–water partition coefficient (Wildman–Crippen LogP) is 2.81. The summed E-state index contributed by atoms with van der Waals surface area (Å²) in [5.74, 6) is 0.862. The number of aliphatic imine (C=N–C) groups is 1. The van der Waals surface area contributed by atoms with Crippen LogP contribution in [-0.2, 0) is 11.3 Å². The van der Waals surface area contributed by atoms with Crippen molar-refractivity contribution >= 4 is 11.7 Å². The third kappa shape index (κ3) is 4.19. The first-order valence-corrected chi connectivity index (χ1v) is 8.22. The Morgan fingerprint density at radius 3 is 2.75 bits per heavy atom. The van der Waals surface area contributed by atoms with Crippen LogP contribution in [0.2, 0.25) is 0 Å². The Kier molecular flexibility index (Phi) is 5.21. The highest BCUT2D eigenvalue weighted by Gasteiger charge is 2.19. The van der Waals surface area contributed by atoms with Gasteiger partial charge in [0.05, 0.1) is 0 Å². The second-order valence-corrected chi connectivity index (χ2v) is 5.74. The number of anilines is 1. The lowest BCUT2D eigenvalue weighted by Gasteiger charge is -2.25. The molecule has 2 aromatic carbocycles. The molecule has 0 radical (unpaired) electrons. The zero-order chi connectivity index (χ0) is 16.8. The Bertz CT molecular complexity index is 688. The fourth-order valence-electron chi connectivity index (χ4n) is 2.71. The van der Waals surface area contributed by atoms with E-state index in [0.29, 0.717) is 13.2 Å². The molecule has 3 rings (SSSR count). The van der Waals surface area contributed by atoms with Gasteiger partial charge in [0, 0.05) is 24.8 Å². The summed E-state index contributed by atoms with van der Waals surface area (Å²) in [5, 5.41) is 0. The molecule has 24 heavy (non-hydrogen) atoms. The van der Waals surface area contributed by atoms with E-state index in [0.717, 1.165) is 30.1 Å². The molecule has 0 fully saturated rings. The van der Waals surface area contributed by atoms with Crippen LogP contribution in [0.15, 0.2) is 59.6 Å². The summed E-state index contributed by atoms with van der Waals surface area (Å²) < 4.78 is 11.1. The zero-order valence-corrected chi connectivity index (χ0v) is 13.9. The van der Waals surface area contributed by atoms with Crippen molar-refractivity contribution in [3.8, 4) is 5.75 Å². The van der Waals surface area contributed by atoms with E-state index < -0.39 is 0 Å². The van der Waals surface area contributed by atoms with Gasteiger partial charge >= 0.3 is 0 Å². The molecule has 5 nitrogen and oxygen atoms in total. The first kappa shape index (κ1) is 16.2. The zero-order valence-electron chi connectivity index (χ0n) is 13.9. The summed E-state index contributed by atoms with van der Waals surface area (Å²) in [6.07, 6.45) is 0. The van der Waals surface area contributed by atoms with E-state index in [1.807, 2.05) is 30.3 Å². The van der Waals surface area contributed by atoms with Crippen molar-refractivity contribution < 1.29 is 9.47 Å². The van der Waals surface area contributed by atoms with Crippen LogP contribution in [0.25, 0.3) is 0 Å². The van der Waals surface area contributed by atoms with Crippen LogP contribution in [0, 0.1) is 0 Å². The summed E-state index contributed by atoms with van der Waals surface area (Å²) >= 11 is 0. The number of nitrogens with zero attached hydrogens (tertiary/aromatic N) is 2. The molecule has 2 aromatic rings. The molecular weight excluding hydrogens is 302 g/mol. The van der Waals surface area contributed by atoms with Crippen LogP contribution < -0.4 is 15.4 Å². The quantitative estimate of drug-likeness (QED) is 0.850. The second-order valence-electron chi connectivity index (χ2n) is 5.74. The summed E-state index contributed by atoms with van der Waals surface area (Å²) in [4.78, 5) is 6.55. The maximum atomic E-state index is 5.92. The number of ether oxygens (including phenoxy) is 2. The standard InChI is InChI=1S/C19H23N3O2/c1-2-22(12-16-14-24-19(20)21-16)17-9-6-10-18(11-17)23-13-15-7-4-3-5-8-15/h3-11,16H,2,12-14H2,1H3,(H2,20,21). The van der Waals surface area contributed by atoms with Crippen molar-refractivity contribution in [2.45, 2.75) is 19.6 Å². The van der Waals surface area contributed by atoms with E-state index in [2.05, 4.69) is 41.1 Å². The molecule has 1 aliphatic heterocycles. The van der Waals surface area contributed by atoms with Crippen LogP contribution in [0.1, 0.15) is 12.5 Å². The van der Waals surface area contributed by atoms with E-state index in [4.69, 9.17) is 15.2 Å². The van der Waals surface area contributed by atoms with E-state index in [9.17, 15) is 0 Å². The van der Waals surface area contributed by atoms with Crippen LogP contribution in [-0.4, -0.2) is 31.8 Å². The molecule has 0 aromatic heterocycles. The molecule has 0 saturated heterocycles. The largest absolute Gasteiger partial charge is 0.489 e. The first-order valence-electron chi connectivity index (χ1n) is 8.22. The molecule has 0 aliphatic carbocycles. The Morgan fingerprint density at radius 2 is 2.04 bits per heavy atom. The Morgan fingerprint density at radius 1 is 1.21 bits per heavy atom. The molecule has 2 N–H and O–H groups in total. The van der Waals surface area contributed by atoms with Gasteiger partial charge in [0.2, 0.25) is 0 Å². The molecule has 0 spiro atoms. The van der Waals surface area contributed by atoms with Crippen LogP contribution in [0.5, 0.6) is 5.75 Å². The van der Waals surface area contributed by atoms with Gasteiger partial charge in [0.1, 0.15) is 25.0 Å². The number of hydrogen-bond acceptors (Lipinski definition) is 5. The van der Waals surface area contributed by atoms with Gasteiger partial charge in [-0.25, -0.2) is 4.99 Å². The van der Waals surface area contributed by atoms with E-state index in [1.54, 1.807) is 0 Å². The molecule has 1 unspecified atom stereocenters. The lowest BCUT2D eigenvalue weighted by Crippen LogP contribution is -2.32. The van der Waals surface area contributed by atoms with Gasteiger partial charge in [-0.05, 0) is 24.6 Å². The van der Waals surface area contributed by atoms with Crippen LogP contribution in [0.4, 0.5) is 5.69 Å². The van der Waals surface area contributed by atoms with E-state index in [-0.39, 0.29) is 12.1 Å².